The zero-order valence-corrected chi connectivity index (χ0v) is 10.2. The fourth-order valence-electron chi connectivity index (χ4n) is 0.587. The molecular formula is C7H18O2Si2. The lowest BCUT2D eigenvalue weighted by molar-refractivity contribution is 0.264. The predicted octanol–water partition coefficient (Wildman–Crippen LogP) is 1.47. The maximum atomic E-state index is 5.29. The Hall–Kier alpha value is 0.0938. The highest BCUT2D eigenvalue weighted by Crippen LogP contribution is 2.05. The lowest BCUT2D eigenvalue weighted by Gasteiger charge is -2.18. The number of hydrogen-bond acceptors (Lipinski definition) is 2. The summed E-state index contributed by atoms with van der Waals surface area (Å²) >= 11 is 0. The Kier molecular flexibility index (Phi) is 4.91. The molecule has 0 bridgehead atoms. The lowest BCUT2D eigenvalue weighted by Crippen LogP contribution is -2.34. The Labute approximate surface area is 72.1 Å². The van der Waals surface area contributed by atoms with Gasteiger partial charge in [-0.15, -0.1) is 5.70 Å². The molecule has 0 aromatic carbocycles. The lowest BCUT2D eigenvalue weighted by atomic mass is 11.2. The van der Waals surface area contributed by atoms with Crippen molar-refractivity contribution in [2.24, 2.45) is 0 Å². The fourth-order valence-corrected chi connectivity index (χ4v) is 3.96. The SMILES string of the molecule is CO[Si](C)(C=C[SiH](C)C)OC. The van der Waals surface area contributed by atoms with E-state index in [1.54, 1.807) is 14.2 Å². The van der Waals surface area contributed by atoms with Crippen molar-refractivity contribution in [3.8, 4) is 0 Å². The maximum Gasteiger partial charge on any atom is 0.360 e. The zero-order chi connectivity index (χ0) is 8.91. The first-order chi connectivity index (χ1) is 5.04. The molecule has 0 unspecified atom stereocenters. The van der Waals surface area contributed by atoms with Gasteiger partial charge in [0.1, 0.15) is 0 Å². The molecule has 0 rings (SSSR count). The van der Waals surface area contributed by atoms with Crippen molar-refractivity contribution >= 4 is 17.4 Å². The van der Waals surface area contributed by atoms with Gasteiger partial charge in [-0.25, -0.2) is 0 Å². The third-order valence-electron chi connectivity index (χ3n) is 1.59. The van der Waals surface area contributed by atoms with Gasteiger partial charge in [0.25, 0.3) is 0 Å². The molecule has 0 aromatic rings. The van der Waals surface area contributed by atoms with Crippen molar-refractivity contribution in [3.05, 3.63) is 11.4 Å². The van der Waals surface area contributed by atoms with Crippen LogP contribution in [0.1, 0.15) is 0 Å². The standard InChI is InChI=1S/C7H18O2Si2/c1-8-11(5,9-2)7-6-10(3)4/h6-7,10H,1-5H3. The normalized spacial score (nSPS) is 13.3. The van der Waals surface area contributed by atoms with Crippen LogP contribution in [0.3, 0.4) is 0 Å². The monoisotopic (exact) mass is 190 g/mol. The molecule has 0 aliphatic heterocycles. The first-order valence-electron chi connectivity index (χ1n) is 3.83. The van der Waals surface area contributed by atoms with E-state index in [2.05, 4.69) is 24.5 Å². The highest BCUT2D eigenvalue weighted by molar-refractivity contribution is 6.73. The van der Waals surface area contributed by atoms with Crippen molar-refractivity contribution in [2.75, 3.05) is 14.2 Å². The van der Waals surface area contributed by atoms with E-state index in [9.17, 15) is 0 Å². The van der Waals surface area contributed by atoms with Gasteiger partial charge in [-0.3, -0.25) is 0 Å². The van der Waals surface area contributed by atoms with Gasteiger partial charge < -0.3 is 8.85 Å². The maximum absolute atomic E-state index is 5.29. The topological polar surface area (TPSA) is 18.5 Å². The molecule has 0 radical (unpaired) electrons. The van der Waals surface area contributed by atoms with Gasteiger partial charge in [0, 0.05) is 14.2 Å². The molecule has 0 amide bonds. The van der Waals surface area contributed by atoms with Crippen LogP contribution in [0, 0.1) is 0 Å². The second-order valence-corrected chi connectivity index (χ2v) is 9.08. The number of hydrogen-bond donors (Lipinski definition) is 0. The van der Waals surface area contributed by atoms with Crippen molar-refractivity contribution in [1.82, 2.24) is 0 Å². The van der Waals surface area contributed by atoms with E-state index in [1.807, 2.05) is 6.55 Å². The summed E-state index contributed by atoms with van der Waals surface area (Å²) in [6, 6.07) is 0. The van der Waals surface area contributed by atoms with Gasteiger partial charge in [-0.2, -0.15) is 0 Å². The van der Waals surface area contributed by atoms with Crippen LogP contribution in [-0.4, -0.2) is 31.6 Å². The van der Waals surface area contributed by atoms with Crippen LogP contribution in [0.15, 0.2) is 11.4 Å². The summed E-state index contributed by atoms with van der Waals surface area (Å²) in [5.41, 5.74) is 4.39. The van der Waals surface area contributed by atoms with Gasteiger partial charge in [0.2, 0.25) is 0 Å². The summed E-state index contributed by atoms with van der Waals surface area (Å²) in [7, 11) is 0.911. The average Bonchev–Trinajstić information content (AvgIpc) is 2.00. The molecule has 0 heterocycles. The predicted molar refractivity (Wildman–Crippen MR) is 53.7 cm³/mol. The van der Waals surface area contributed by atoms with E-state index in [0.717, 1.165) is 0 Å². The quantitative estimate of drug-likeness (QED) is 0.625. The van der Waals surface area contributed by atoms with Crippen LogP contribution in [0.25, 0.3) is 0 Å². The van der Waals surface area contributed by atoms with Crippen LogP contribution in [-0.2, 0) is 8.85 Å². The molecule has 0 N–H and O–H groups in total. The summed E-state index contributed by atoms with van der Waals surface area (Å²) in [5.74, 6) is 0. The molecule has 2 nitrogen and oxygen atoms in total. The molecule has 0 saturated heterocycles. The molecule has 11 heavy (non-hydrogen) atoms. The third-order valence-corrected chi connectivity index (χ3v) is 5.36. The van der Waals surface area contributed by atoms with E-state index in [4.69, 9.17) is 8.85 Å². The molecular weight excluding hydrogens is 172 g/mol. The summed E-state index contributed by atoms with van der Waals surface area (Å²) in [6.07, 6.45) is 0. The van der Waals surface area contributed by atoms with Crippen LogP contribution in [0.5, 0.6) is 0 Å². The van der Waals surface area contributed by atoms with Crippen LogP contribution in [0.2, 0.25) is 19.6 Å². The van der Waals surface area contributed by atoms with Crippen LogP contribution >= 0.6 is 0 Å². The molecule has 0 fully saturated rings. The van der Waals surface area contributed by atoms with Crippen LogP contribution in [0.4, 0.5) is 0 Å². The second-order valence-electron chi connectivity index (χ2n) is 3.03. The zero-order valence-electron chi connectivity index (χ0n) is 8.05. The summed E-state index contributed by atoms with van der Waals surface area (Å²) < 4.78 is 10.6. The Morgan fingerprint density at radius 2 is 1.64 bits per heavy atom. The average molecular weight is 190 g/mol. The van der Waals surface area contributed by atoms with Gasteiger partial charge in [-0.05, 0) is 6.55 Å². The van der Waals surface area contributed by atoms with Gasteiger partial charge in [-0.1, -0.05) is 18.8 Å². The van der Waals surface area contributed by atoms with Crippen LogP contribution < -0.4 is 0 Å². The summed E-state index contributed by atoms with van der Waals surface area (Å²) in [6.45, 7) is 6.59. The molecule has 0 saturated carbocycles. The molecule has 0 spiro atoms. The van der Waals surface area contributed by atoms with Gasteiger partial charge in [0.15, 0.2) is 0 Å². The minimum Gasteiger partial charge on any atom is -0.395 e. The first kappa shape index (κ1) is 11.1. The third kappa shape index (κ3) is 4.52. The molecule has 0 aliphatic carbocycles. The van der Waals surface area contributed by atoms with Gasteiger partial charge >= 0.3 is 8.56 Å². The van der Waals surface area contributed by atoms with E-state index in [0.29, 0.717) is 0 Å². The Bertz CT molecular complexity index is 130. The largest absolute Gasteiger partial charge is 0.395 e. The van der Waals surface area contributed by atoms with E-state index < -0.39 is 17.4 Å². The molecule has 0 aliphatic rings. The Morgan fingerprint density at radius 1 is 1.18 bits per heavy atom. The van der Waals surface area contributed by atoms with E-state index in [1.165, 1.54) is 0 Å². The van der Waals surface area contributed by atoms with Crippen molar-refractivity contribution in [2.45, 2.75) is 19.6 Å². The van der Waals surface area contributed by atoms with Crippen molar-refractivity contribution in [3.63, 3.8) is 0 Å². The summed E-state index contributed by atoms with van der Waals surface area (Å²) in [4.78, 5) is 0. The Balaban J connectivity index is 4.06. The highest BCUT2D eigenvalue weighted by atomic mass is 28.4. The number of rotatable bonds is 4. The van der Waals surface area contributed by atoms with Gasteiger partial charge in [0.05, 0.1) is 8.80 Å². The fraction of sp³-hybridized carbons (Fsp3) is 0.714. The molecule has 66 valence electrons. The smallest absolute Gasteiger partial charge is 0.360 e. The van der Waals surface area contributed by atoms with E-state index >= 15 is 0 Å². The minimum atomic E-state index is -1.91. The van der Waals surface area contributed by atoms with Crippen molar-refractivity contribution < 1.29 is 8.85 Å². The molecule has 0 aromatic heterocycles. The second kappa shape index (κ2) is 4.87. The molecule has 4 heteroatoms. The Morgan fingerprint density at radius 3 is 1.91 bits per heavy atom. The van der Waals surface area contributed by atoms with E-state index in [-0.39, 0.29) is 0 Å². The summed E-state index contributed by atoms with van der Waals surface area (Å²) in [5, 5.41) is 0. The molecule has 0 atom stereocenters. The minimum absolute atomic E-state index is 0.604. The highest BCUT2D eigenvalue weighted by Gasteiger charge is 2.24. The van der Waals surface area contributed by atoms with Crippen molar-refractivity contribution in [1.29, 1.82) is 0 Å². The first-order valence-corrected chi connectivity index (χ1v) is 9.20.